The number of rotatable bonds is 5. The molecule has 3 rings (SSSR count). The number of hydrogen-bond donors (Lipinski definition) is 1. The van der Waals surface area contributed by atoms with Gasteiger partial charge in [-0.2, -0.15) is 10.2 Å². The first-order valence-corrected chi connectivity index (χ1v) is 7.34. The van der Waals surface area contributed by atoms with Gasteiger partial charge in [0.15, 0.2) is 0 Å². The number of aromatic nitrogens is 4. The molecule has 0 aromatic carbocycles. The largest absolute Gasteiger partial charge is 0.477 e. The Morgan fingerprint density at radius 1 is 1.42 bits per heavy atom. The fourth-order valence-corrected chi connectivity index (χ4v) is 2.58. The average Bonchev–Trinajstić information content (AvgIpc) is 3.21. The molecular weight excluding hydrogens is 310 g/mol. The van der Waals surface area contributed by atoms with E-state index in [1.165, 1.54) is 16.8 Å². The Hall–Kier alpha value is -3.18. The minimum Gasteiger partial charge on any atom is -0.477 e. The highest BCUT2D eigenvalue weighted by molar-refractivity contribution is 5.94. The van der Waals surface area contributed by atoms with Gasteiger partial charge in [-0.05, 0) is 26.0 Å². The van der Waals surface area contributed by atoms with Crippen LogP contribution in [0.3, 0.4) is 0 Å². The normalized spacial score (nSPS) is 12.2. The third-order valence-electron chi connectivity index (χ3n) is 3.67. The molecule has 1 atom stereocenters. The average molecular weight is 325 g/mol. The fourth-order valence-electron chi connectivity index (χ4n) is 2.58. The van der Waals surface area contributed by atoms with Crippen LogP contribution < -0.4 is 0 Å². The smallest absolute Gasteiger partial charge is 0.354 e. The molecule has 0 amide bonds. The van der Waals surface area contributed by atoms with Gasteiger partial charge in [0.1, 0.15) is 11.9 Å². The van der Waals surface area contributed by atoms with Gasteiger partial charge in [0.05, 0.1) is 24.5 Å². The van der Waals surface area contributed by atoms with Crippen LogP contribution >= 0.6 is 0 Å². The quantitative estimate of drug-likeness (QED) is 0.729. The number of aromatic carboxylic acids is 1. The maximum absolute atomic E-state index is 11.3. The molecule has 3 aromatic rings. The third-order valence-corrected chi connectivity index (χ3v) is 3.67. The van der Waals surface area contributed by atoms with Gasteiger partial charge in [0, 0.05) is 23.9 Å². The Bertz CT molecular complexity index is 950. The van der Waals surface area contributed by atoms with E-state index < -0.39 is 5.97 Å². The summed E-state index contributed by atoms with van der Waals surface area (Å²) < 4.78 is 8.47. The summed E-state index contributed by atoms with van der Waals surface area (Å²) in [4.78, 5) is 14.8. The second-order valence-corrected chi connectivity index (χ2v) is 5.10. The Morgan fingerprint density at radius 3 is 2.88 bits per heavy atom. The van der Waals surface area contributed by atoms with Crippen molar-refractivity contribution >= 4 is 17.2 Å². The van der Waals surface area contributed by atoms with Crippen molar-refractivity contribution in [2.24, 2.45) is 0 Å². The van der Waals surface area contributed by atoms with Crippen LogP contribution in [0.15, 0.2) is 30.7 Å². The second kappa shape index (κ2) is 6.14. The van der Waals surface area contributed by atoms with Gasteiger partial charge in [0.25, 0.3) is 0 Å². The van der Waals surface area contributed by atoms with Crippen LogP contribution in [-0.4, -0.2) is 37.1 Å². The summed E-state index contributed by atoms with van der Waals surface area (Å²) in [6.07, 6.45) is 4.54. The molecule has 0 fully saturated rings. The lowest BCUT2D eigenvalue weighted by atomic mass is 10.1. The summed E-state index contributed by atoms with van der Waals surface area (Å²) in [6.45, 7) is 11.7. The lowest BCUT2D eigenvalue weighted by Crippen LogP contribution is -2.09. The highest BCUT2D eigenvalue weighted by atomic mass is 16.5. The van der Waals surface area contributed by atoms with Gasteiger partial charge in [-0.1, -0.05) is 0 Å². The van der Waals surface area contributed by atoms with Gasteiger partial charge in [-0.3, -0.25) is 0 Å². The zero-order valence-electron chi connectivity index (χ0n) is 13.2. The Morgan fingerprint density at radius 2 is 2.21 bits per heavy atom. The first-order valence-electron chi connectivity index (χ1n) is 7.34. The molecular formula is C16H15N5O3. The molecule has 122 valence electrons. The predicted molar refractivity (Wildman–Crippen MR) is 86.0 cm³/mol. The van der Waals surface area contributed by atoms with Crippen LogP contribution in [0.2, 0.25) is 0 Å². The second-order valence-electron chi connectivity index (χ2n) is 5.10. The molecule has 1 unspecified atom stereocenters. The summed E-state index contributed by atoms with van der Waals surface area (Å²) in [5, 5.41) is 17.6. The van der Waals surface area contributed by atoms with E-state index in [4.69, 9.17) is 11.3 Å². The van der Waals surface area contributed by atoms with Crippen LogP contribution in [0.4, 0.5) is 5.69 Å². The van der Waals surface area contributed by atoms with Crippen LogP contribution in [0, 0.1) is 6.57 Å². The van der Waals surface area contributed by atoms with Crippen molar-refractivity contribution in [3.63, 3.8) is 0 Å². The van der Waals surface area contributed by atoms with Crippen molar-refractivity contribution in [3.05, 3.63) is 47.8 Å². The van der Waals surface area contributed by atoms with Crippen molar-refractivity contribution in [3.8, 4) is 11.1 Å². The summed E-state index contributed by atoms with van der Waals surface area (Å²) in [7, 11) is 0. The predicted octanol–water partition coefficient (Wildman–Crippen LogP) is 3.00. The van der Waals surface area contributed by atoms with Crippen molar-refractivity contribution in [2.75, 3.05) is 6.61 Å². The minimum absolute atomic E-state index is 0.0397. The number of hydrogen-bond acceptors (Lipinski definition) is 4. The lowest BCUT2D eigenvalue weighted by molar-refractivity contribution is 0.0160. The number of carboxylic acid groups (broad SMARTS) is 1. The highest BCUT2D eigenvalue weighted by Gasteiger charge is 2.18. The molecule has 0 bridgehead atoms. The fraction of sp³-hybridized carbons (Fsp3) is 0.250. The van der Waals surface area contributed by atoms with E-state index in [-0.39, 0.29) is 11.9 Å². The van der Waals surface area contributed by atoms with E-state index in [9.17, 15) is 9.90 Å². The van der Waals surface area contributed by atoms with Crippen LogP contribution in [0.25, 0.3) is 21.5 Å². The minimum atomic E-state index is -1.08. The van der Waals surface area contributed by atoms with Gasteiger partial charge in [-0.15, -0.1) is 0 Å². The SMILES string of the molecule is [C-]#[N+]c1cnn2c(C(=O)O)ccc2c1-c1cnn(C(C)OCC)c1. The van der Waals surface area contributed by atoms with Gasteiger partial charge in [0.2, 0.25) is 5.69 Å². The lowest BCUT2D eigenvalue weighted by Gasteiger charge is -2.11. The van der Waals surface area contributed by atoms with E-state index in [0.717, 1.165) is 0 Å². The van der Waals surface area contributed by atoms with Crippen molar-refractivity contribution < 1.29 is 14.6 Å². The van der Waals surface area contributed by atoms with Gasteiger partial charge in [-0.25, -0.2) is 18.8 Å². The number of fused-ring (bicyclic) bond motifs is 1. The van der Waals surface area contributed by atoms with Crippen LogP contribution in [0.5, 0.6) is 0 Å². The maximum Gasteiger partial charge on any atom is 0.354 e. The molecule has 3 heterocycles. The van der Waals surface area contributed by atoms with E-state index in [1.54, 1.807) is 23.1 Å². The molecule has 0 saturated carbocycles. The molecule has 0 saturated heterocycles. The van der Waals surface area contributed by atoms with Crippen LogP contribution in [0.1, 0.15) is 30.6 Å². The number of ether oxygens (including phenoxy) is 1. The Balaban J connectivity index is 2.18. The number of carboxylic acids is 1. The standard InChI is InChI=1S/C16H15N5O3/c1-4-24-10(2)20-9-11(7-18-20)15-12(17-3)8-19-21-13(15)5-6-14(21)16(22)23/h5-10H,4H2,1-2H3,(H,22,23). The molecule has 0 radical (unpaired) electrons. The third kappa shape index (κ3) is 2.51. The number of carbonyl (C=O) groups is 1. The van der Waals surface area contributed by atoms with Crippen LogP contribution in [-0.2, 0) is 4.74 Å². The molecule has 0 aliphatic rings. The Kier molecular flexibility index (Phi) is 4.02. The van der Waals surface area contributed by atoms with E-state index in [1.807, 2.05) is 13.8 Å². The summed E-state index contributed by atoms with van der Waals surface area (Å²) in [5.41, 5.74) is 2.22. The highest BCUT2D eigenvalue weighted by Crippen LogP contribution is 2.34. The Labute approximate surface area is 137 Å². The van der Waals surface area contributed by atoms with Crippen molar-refractivity contribution in [1.82, 2.24) is 19.4 Å². The summed E-state index contributed by atoms with van der Waals surface area (Å²) in [5.74, 6) is -1.08. The maximum atomic E-state index is 11.3. The molecule has 8 heteroatoms. The molecule has 0 aliphatic carbocycles. The van der Waals surface area contributed by atoms with E-state index in [0.29, 0.717) is 28.9 Å². The summed E-state index contributed by atoms with van der Waals surface area (Å²) >= 11 is 0. The van der Waals surface area contributed by atoms with Crippen molar-refractivity contribution in [1.29, 1.82) is 0 Å². The molecule has 0 spiro atoms. The molecule has 8 nitrogen and oxygen atoms in total. The topological polar surface area (TPSA) is 86.0 Å². The zero-order chi connectivity index (χ0) is 17.3. The van der Waals surface area contributed by atoms with E-state index >= 15 is 0 Å². The van der Waals surface area contributed by atoms with Gasteiger partial charge < -0.3 is 9.84 Å². The van der Waals surface area contributed by atoms with Crippen molar-refractivity contribution in [2.45, 2.75) is 20.1 Å². The molecule has 3 aromatic heterocycles. The molecule has 0 aliphatic heterocycles. The first kappa shape index (κ1) is 15.7. The molecule has 24 heavy (non-hydrogen) atoms. The van der Waals surface area contributed by atoms with Gasteiger partial charge >= 0.3 is 5.97 Å². The molecule has 1 N–H and O–H groups in total. The van der Waals surface area contributed by atoms with E-state index in [2.05, 4.69) is 15.0 Å². The monoisotopic (exact) mass is 325 g/mol. The number of nitrogens with zero attached hydrogens (tertiary/aromatic N) is 5. The zero-order valence-corrected chi connectivity index (χ0v) is 13.2. The summed E-state index contributed by atoms with van der Waals surface area (Å²) in [6, 6.07) is 3.11. The first-order chi connectivity index (χ1) is 11.6.